The first kappa shape index (κ1) is 29.3. The quantitative estimate of drug-likeness (QED) is 0.183. The number of benzene rings is 7. The Morgan fingerprint density at radius 2 is 1.02 bits per heavy atom. The van der Waals surface area contributed by atoms with Gasteiger partial charge in [-0.1, -0.05) is 146 Å². The molecule has 0 aromatic heterocycles. The van der Waals surface area contributed by atoms with Crippen LogP contribution >= 0.6 is 0 Å². The number of rotatable bonds is 7. The molecule has 0 aliphatic heterocycles. The molecule has 0 saturated heterocycles. The third-order valence-corrected chi connectivity index (χ3v) is 11.1. The summed E-state index contributed by atoms with van der Waals surface area (Å²) in [6.45, 7) is 0. The number of allylic oxidation sites excluding steroid dienone is 1. The SMILES string of the molecule is CNc1ccc2c(c1)C(C(c1ccccc1)(c1ccccc1)C1C=Cc3c(-c4cccc5ccccc45)cccc31)c1cc(NC)ccc1-2. The first-order valence-electron chi connectivity index (χ1n) is 17.3. The Labute approximate surface area is 288 Å². The summed E-state index contributed by atoms with van der Waals surface area (Å²) in [7, 11) is 4.04. The fourth-order valence-electron chi connectivity index (χ4n) is 8.96. The van der Waals surface area contributed by atoms with Gasteiger partial charge in [0.25, 0.3) is 0 Å². The zero-order valence-corrected chi connectivity index (χ0v) is 27.8. The molecule has 1 unspecified atom stereocenters. The summed E-state index contributed by atoms with van der Waals surface area (Å²) in [5.74, 6) is 0.0909. The third kappa shape index (κ3) is 4.41. The molecular formula is C47H38N2. The highest BCUT2D eigenvalue weighted by Crippen LogP contribution is 2.63. The van der Waals surface area contributed by atoms with Crippen molar-refractivity contribution in [1.29, 1.82) is 0 Å². The Balaban J connectivity index is 1.38. The minimum Gasteiger partial charge on any atom is -0.388 e. The molecule has 236 valence electrons. The summed E-state index contributed by atoms with van der Waals surface area (Å²) in [4.78, 5) is 0. The van der Waals surface area contributed by atoms with E-state index in [4.69, 9.17) is 0 Å². The van der Waals surface area contributed by atoms with Gasteiger partial charge < -0.3 is 10.6 Å². The van der Waals surface area contributed by atoms with Crippen molar-refractivity contribution in [3.63, 3.8) is 0 Å². The molecule has 0 amide bonds. The molecule has 0 saturated carbocycles. The first-order chi connectivity index (χ1) is 24.2. The maximum absolute atomic E-state index is 3.46. The van der Waals surface area contributed by atoms with Crippen LogP contribution in [0.1, 0.15) is 45.2 Å². The zero-order valence-electron chi connectivity index (χ0n) is 27.8. The predicted molar refractivity (Wildman–Crippen MR) is 208 cm³/mol. The number of hydrogen-bond acceptors (Lipinski definition) is 2. The van der Waals surface area contributed by atoms with Crippen LogP contribution in [0.2, 0.25) is 0 Å². The lowest BCUT2D eigenvalue weighted by atomic mass is 9.55. The van der Waals surface area contributed by atoms with Crippen LogP contribution in [-0.2, 0) is 5.41 Å². The van der Waals surface area contributed by atoms with Gasteiger partial charge in [0.2, 0.25) is 0 Å². The molecule has 7 aromatic rings. The molecular weight excluding hydrogens is 593 g/mol. The van der Waals surface area contributed by atoms with Gasteiger partial charge in [0.05, 0.1) is 0 Å². The van der Waals surface area contributed by atoms with Crippen molar-refractivity contribution in [3.05, 3.63) is 197 Å². The minimum absolute atomic E-state index is 0.0331. The summed E-state index contributed by atoms with van der Waals surface area (Å²) in [5, 5.41) is 9.46. The standard InChI is InChI=1S/C47H38N2/c1-48-34-23-25-40-41-26-24-35(49-2)30-44(41)46(43(40)29-34)47(32-15-5-3-6-16-32,33-17-7-4-8-18-33)45-28-27-39-38(21-12-22-42(39)45)37-20-11-14-31-13-9-10-19-36(31)37/h3-30,45-46,48-49H,1-2H3. The molecule has 1 atom stereocenters. The molecule has 0 heterocycles. The Morgan fingerprint density at radius 3 is 1.65 bits per heavy atom. The Hall–Kier alpha value is -5.86. The number of anilines is 2. The van der Waals surface area contributed by atoms with Gasteiger partial charge in [-0.3, -0.25) is 0 Å². The van der Waals surface area contributed by atoms with E-state index < -0.39 is 5.41 Å². The van der Waals surface area contributed by atoms with Gasteiger partial charge in [-0.25, -0.2) is 0 Å². The largest absolute Gasteiger partial charge is 0.388 e. The van der Waals surface area contributed by atoms with Crippen molar-refractivity contribution in [2.75, 3.05) is 24.7 Å². The van der Waals surface area contributed by atoms with Gasteiger partial charge in [0.1, 0.15) is 0 Å². The first-order valence-corrected chi connectivity index (χ1v) is 17.3. The molecule has 9 rings (SSSR count). The Bertz CT molecular complexity index is 2270. The summed E-state index contributed by atoms with van der Waals surface area (Å²) in [6.07, 6.45) is 4.91. The molecule has 2 N–H and O–H groups in total. The van der Waals surface area contributed by atoms with E-state index in [-0.39, 0.29) is 11.8 Å². The maximum atomic E-state index is 3.46. The summed E-state index contributed by atoms with van der Waals surface area (Å²) in [5.41, 5.74) is 15.0. The lowest BCUT2D eigenvalue weighted by molar-refractivity contribution is 0.417. The lowest BCUT2D eigenvalue weighted by Crippen LogP contribution is -2.40. The molecule has 2 heteroatoms. The second kappa shape index (κ2) is 11.7. The third-order valence-electron chi connectivity index (χ3n) is 11.1. The van der Waals surface area contributed by atoms with Crippen LogP contribution < -0.4 is 10.6 Å². The topological polar surface area (TPSA) is 24.1 Å². The van der Waals surface area contributed by atoms with Crippen molar-refractivity contribution in [2.45, 2.75) is 17.3 Å². The lowest BCUT2D eigenvalue weighted by Gasteiger charge is -2.46. The second-order valence-electron chi connectivity index (χ2n) is 13.3. The van der Waals surface area contributed by atoms with E-state index in [9.17, 15) is 0 Å². The van der Waals surface area contributed by atoms with E-state index in [0.717, 1.165) is 11.4 Å². The molecule has 0 spiro atoms. The molecule has 0 radical (unpaired) electrons. The monoisotopic (exact) mass is 630 g/mol. The predicted octanol–water partition coefficient (Wildman–Crippen LogP) is 11.5. The van der Waals surface area contributed by atoms with Crippen LogP contribution in [0.15, 0.2) is 164 Å². The summed E-state index contributed by atoms with van der Waals surface area (Å²) >= 11 is 0. The van der Waals surface area contributed by atoms with Crippen LogP contribution in [0.3, 0.4) is 0 Å². The van der Waals surface area contributed by atoms with Crippen molar-refractivity contribution in [3.8, 4) is 22.3 Å². The van der Waals surface area contributed by atoms with Crippen LogP contribution in [0.5, 0.6) is 0 Å². The van der Waals surface area contributed by atoms with Gasteiger partial charge >= 0.3 is 0 Å². The molecule has 2 nitrogen and oxygen atoms in total. The Kier molecular flexibility index (Phi) is 6.98. The van der Waals surface area contributed by atoms with E-state index in [2.05, 4.69) is 181 Å². The average Bonchev–Trinajstić information content (AvgIpc) is 3.75. The van der Waals surface area contributed by atoms with Crippen LogP contribution in [-0.4, -0.2) is 14.1 Å². The van der Waals surface area contributed by atoms with E-state index in [0.29, 0.717) is 0 Å². The summed E-state index contributed by atoms with van der Waals surface area (Å²) in [6, 6.07) is 58.8. The van der Waals surface area contributed by atoms with Crippen LogP contribution in [0.4, 0.5) is 11.4 Å². The number of fused-ring (bicyclic) bond motifs is 5. The average molecular weight is 631 g/mol. The number of nitrogens with one attached hydrogen (secondary N) is 2. The zero-order chi connectivity index (χ0) is 33.0. The van der Waals surface area contributed by atoms with Crippen LogP contribution in [0, 0.1) is 0 Å². The molecule has 0 fully saturated rings. The van der Waals surface area contributed by atoms with Crippen molar-refractivity contribution in [1.82, 2.24) is 0 Å². The van der Waals surface area contributed by atoms with Gasteiger partial charge in [-0.05, 0) is 90.7 Å². The summed E-state index contributed by atoms with van der Waals surface area (Å²) < 4.78 is 0. The van der Waals surface area contributed by atoms with E-state index in [1.807, 2.05) is 14.1 Å². The van der Waals surface area contributed by atoms with Crippen LogP contribution in [0.25, 0.3) is 39.1 Å². The molecule has 7 aromatic carbocycles. The van der Waals surface area contributed by atoms with Crippen molar-refractivity contribution >= 4 is 28.2 Å². The minimum atomic E-state index is -0.472. The van der Waals surface area contributed by atoms with E-state index in [1.54, 1.807) is 0 Å². The number of hydrogen-bond donors (Lipinski definition) is 2. The van der Waals surface area contributed by atoms with Gasteiger partial charge in [0.15, 0.2) is 0 Å². The smallest absolute Gasteiger partial charge is 0.0415 e. The van der Waals surface area contributed by atoms with Crippen molar-refractivity contribution < 1.29 is 0 Å². The molecule has 2 aliphatic rings. The second-order valence-corrected chi connectivity index (χ2v) is 13.3. The van der Waals surface area contributed by atoms with Gasteiger partial charge in [0, 0.05) is 42.7 Å². The molecule has 49 heavy (non-hydrogen) atoms. The normalized spacial score (nSPS) is 14.8. The van der Waals surface area contributed by atoms with E-state index >= 15 is 0 Å². The molecule has 2 aliphatic carbocycles. The van der Waals surface area contributed by atoms with Crippen molar-refractivity contribution in [2.24, 2.45) is 0 Å². The highest BCUT2D eigenvalue weighted by molar-refractivity contribution is 5.99. The highest BCUT2D eigenvalue weighted by atomic mass is 14.8. The molecule has 0 bridgehead atoms. The van der Waals surface area contributed by atoms with Gasteiger partial charge in [-0.15, -0.1) is 0 Å². The maximum Gasteiger partial charge on any atom is 0.0415 e. The fourth-order valence-corrected chi connectivity index (χ4v) is 8.96. The fraction of sp³-hybridized carbons (Fsp3) is 0.106. The van der Waals surface area contributed by atoms with Gasteiger partial charge in [-0.2, -0.15) is 0 Å². The Morgan fingerprint density at radius 1 is 0.469 bits per heavy atom. The highest BCUT2D eigenvalue weighted by Gasteiger charge is 2.53. The van der Waals surface area contributed by atoms with E-state index in [1.165, 1.54) is 66.4 Å².